The highest BCUT2D eigenvalue weighted by Crippen LogP contribution is 2.16. The molecule has 0 aliphatic rings. The highest BCUT2D eigenvalue weighted by atomic mass is 32.1. The molecule has 1 heterocycles. The lowest BCUT2D eigenvalue weighted by molar-refractivity contribution is -0.116. The van der Waals surface area contributed by atoms with Crippen LogP contribution in [0, 0.1) is 6.92 Å². The summed E-state index contributed by atoms with van der Waals surface area (Å²) >= 11 is 1.68. The Morgan fingerprint density at radius 3 is 2.71 bits per heavy atom. The van der Waals surface area contributed by atoms with Gasteiger partial charge in [0, 0.05) is 21.9 Å². The molecule has 2 nitrogen and oxygen atoms in total. The van der Waals surface area contributed by atoms with E-state index in [1.54, 1.807) is 17.4 Å². The zero-order chi connectivity index (χ0) is 10.6. The average Bonchev–Trinajstić information content (AvgIpc) is 2.47. The molecule has 3 heteroatoms. The maximum Gasteiger partial charge on any atom is 0.244 e. The first-order valence-corrected chi connectivity index (χ1v) is 5.44. The van der Waals surface area contributed by atoms with Gasteiger partial charge in [0.05, 0.1) is 0 Å². The molecule has 0 spiro atoms. The number of thiophene rings is 1. The summed E-state index contributed by atoms with van der Waals surface area (Å²) < 4.78 is 0. The van der Waals surface area contributed by atoms with Crippen molar-refractivity contribution in [2.45, 2.75) is 26.8 Å². The predicted octanol–water partition coefficient (Wildman–Crippen LogP) is 2.59. The molecule has 0 fully saturated rings. The number of rotatable bonds is 3. The quantitative estimate of drug-likeness (QED) is 0.762. The van der Waals surface area contributed by atoms with Crippen molar-refractivity contribution in [2.24, 2.45) is 0 Å². The number of carbonyl (C=O) groups is 1. The molecule has 0 atom stereocenters. The standard InChI is InChI=1S/C11H15NOS/c1-8(2)12-11(13)7-6-10-5-4-9(3)14-10/h4-8H,1-3H3,(H,12,13)/b7-6+. The Balaban J connectivity index is 2.51. The van der Waals surface area contributed by atoms with Gasteiger partial charge >= 0.3 is 0 Å². The van der Waals surface area contributed by atoms with Crippen LogP contribution in [0.25, 0.3) is 6.08 Å². The van der Waals surface area contributed by atoms with E-state index in [0.717, 1.165) is 4.88 Å². The van der Waals surface area contributed by atoms with Gasteiger partial charge in [-0.1, -0.05) is 0 Å². The molecule has 1 aromatic heterocycles. The van der Waals surface area contributed by atoms with E-state index in [-0.39, 0.29) is 11.9 Å². The van der Waals surface area contributed by atoms with Gasteiger partial charge in [-0.25, -0.2) is 0 Å². The monoisotopic (exact) mass is 209 g/mol. The van der Waals surface area contributed by atoms with Crippen LogP contribution in [-0.2, 0) is 4.79 Å². The van der Waals surface area contributed by atoms with Gasteiger partial charge in [0.25, 0.3) is 0 Å². The lowest BCUT2D eigenvalue weighted by Crippen LogP contribution is -2.28. The van der Waals surface area contributed by atoms with E-state index in [0.29, 0.717) is 0 Å². The Bertz CT molecular complexity index is 339. The van der Waals surface area contributed by atoms with E-state index >= 15 is 0 Å². The third kappa shape index (κ3) is 3.75. The van der Waals surface area contributed by atoms with E-state index in [2.05, 4.69) is 12.2 Å². The normalized spacial score (nSPS) is 11.1. The third-order valence-electron chi connectivity index (χ3n) is 1.59. The Kier molecular flexibility index (Phi) is 3.89. The average molecular weight is 209 g/mol. The molecule has 1 amide bonds. The number of aryl methyl sites for hydroxylation is 1. The van der Waals surface area contributed by atoms with Crippen LogP contribution in [0.2, 0.25) is 0 Å². The van der Waals surface area contributed by atoms with Crippen molar-refractivity contribution in [3.8, 4) is 0 Å². The van der Waals surface area contributed by atoms with Gasteiger partial charge in [0.2, 0.25) is 5.91 Å². The first-order valence-electron chi connectivity index (χ1n) is 4.63. The second-order valence-electron chi connectivity index (χ2n) is 3.45. The van der Waals surface area contributed by atoms with Gasteiger partial charge in [-0.3, -0.25) is 4.79 Å². The molecule has 0 aliphatic carbocycles. The molecular formula is C11H15NOS. The van der Waals surface area contributed by atoms with Crippen LogP contribution in [-0.4, -0.2) is 11.9 Å². The summed E-state index contributed by atoms with van der Waals surface area (Å²) in [5.41, 5.74) is 0. The molecule has 0 bridgehead atoms. The lowest BCUT2D eigenvalue weighted by atomic mass is 10.3. The van der Waals surface area contributed by atoms with Crippen LogP contribution in [0.1, 0.15) is 23.6 Å². The molecule has 1 rings (SSSR count). The fourth-order valence-electron chi connectivity index (χ4n) is 1.03. The third-order valence-corrected chi connectivity index (χ3v) is 2.56. The van der Waals surface area contributed by atoms with Crippen molar-refractivity contribution < 1.29 is 4.79 Å². The fourth-order valence-corrected chi connectivity index (χ4v) is 1.81. The van der Waals surface area contributed by atoms with Crippen molar-refractivity contribution in [3.05, 3.63) is 28.0 Å². The van der Waals surface area contributed by atoms with Gasteiger partial charge in [0.1, 0.15) is 0 Å². The first-order chi connectivity index (χ1) is 6.58. The molecular weight excluding hydrogens is 194 g/mol. The molecule has 0 saturated carbocycles. The Labute approximate surface area is 88.6 Å². The second-order valence-corrected chi connectivity index (χ2v) is 4.76. The van der Waals surface area contributed by atoms with Crippen LogP contribution < -0.4 is 5.32 Å². The number of amides is 1. The molecule has 0 radical (unpaired) electrons. The van der Waals surface area contributed by atoms with Crippen LogP contribution in [0.5, 0.6) is 0 Å². The highest BCUT2D eigenvalue weighted by molar-refractivity contribution is 7.12. The number of hydrogen-bond donors (Lipinski definition) is 1. The molecule has 0 aliphatic heterocycles. The van der Waals surface area contributed by atoms with Crippen LogP contribution in [0.4, 0.5) is 0 Å². The highest BCUT2D eigenvalue weighted by Gasteiger charge is 1.97. The molecule has 1 aromatic rings. The van der Waals surface area contributed by atoms with Crippen molar-refractivity contribution in [1.29, 1.82) is 0 Å². The maximum absolute atomic E-state index is 11.2. The minimum absolute atomic E-state index is 0.0361. The smallest absolute Gasteiger partial charge is 0.244 e. The maximum atomic E-state index is 11.2. The van der Waals surface area contributed by atoms with E-state index in [4.69, 9.17) is 0 Å². The molecule has 76 valence electrons. The van der Waals surface area contributed by atoms with E-state index < -0.39 is 0 Å². The van der Waals surface area contributed by atoms with Crippen molar-refractivity contribution in [3.63, 3.8) is 0 Å². The SMILES string of the molecule is Cc1ccc(/C=C/C(=O)NC(C)C)s1. The van der Waals surface area contributed by atoms with E-state index in [1.807, 2.05) is 32.1 Å². The summed E-state index contributed by atoms with van der Waals surface area (Å²) in [4.78, 5) is 13.6. The van der Waals surface area contributed by atoms with Crippen molar-refractivity contribution >= 4 is 23.3 Å². The van der Waals surface area contributed by atoms with Crippen LogP contribution in [0.3, 0.4) is 0 Å². The van der Waals surface area contributed by atoms with Crippen molar-refractivity contribution in [1.82, 2.24) is 5.32 Å². The molecule has 1 N–H and O–H groups in total. The summed E-state index contributed by atoms with van der Waals surface area (Å²) in [6, 6.07) is 4.25. The molecule has 0 aromatic carbocycles. The number of hydrogen-bond acceptors (Lipinski definition) is 2. The predicted molar refractivity (Wildman–Crippen MR) is 61.4 cm³/mol. The fraction of sp³-hybridized carbons (Fsp3) is 0.364. The van der Waals surface area contributed by atoms with Crippen molar-refractivity contribution in [2.75, 3.05) is 0 Å². The zero-order valence-electron chi connectivity index (χ0n) is 8.70. The van der Waals surface area contributed by atoms with Crippen LogP contribution >= 0.6 is 11.3 Å². The number of carbonyl (C=O) groups excluding carboxylic acids is 1. The summed E-state index contributed by atoms with van der Waals surface area (Å²) in [6.45, 7) is 5.94. The van der Waals surface area contributed by atoms with E-state index in [9.17, 15) is 4.79 Å². The number of nitrogens with one attached hydrogen (secondary N) is 1. The Morgan fingerprint density at radius 1 is 1.50 bits per heavy atom. The van der Waals surface area contributed by atoms with Gasteiger partial charge in [-0.05, 0) is 39.0 Å². The Morgan fingerprint density at radius 2 is 2.21 bits per heavy atom. The molecule has 0 unspecified atom stereocenters. The topological polar surface area (TPSA) is 29.1 Å². The summed E-state index contributed by atoms with van der Waals surface area (Å²) in [7, 11) is 0. The van der Waals surface area contributed by atoms with Gasteiger partial charge < -0.3 is 5.32 Å². The lowest BCUT2D eigenvalue weighted by Gasteiger charge is -2.03. The molecule has 0 saturated heterocycles. The minimum atomic E-state index is -0.0361. The summed E-state index contributed by atoms with van der Waals surface area (Å²) in [6.07, 6.45) is 3.42. The van der Waals surface area contributed by atoms with Gasteiger partial charge in [-0.2, -0.15) is 0 Å². The second kappa shape index (κ2) is 4.96. The van der Waals surface area contributed by atoms with Gasteiger partial charge in [-0.15, -0.1) is 11.3 Å². The Hall–Kier alpha value is -1.09. The van der Waals surface area contributed by atoms with E-state index in [1.165, 1.54) is 4.88 Å². The first kappa shape index (κ1) is 11.0. The zero-order valence-corrected chi connectivity index (χ0v) is 9.52. The van der Waals surface area contributed by atoms with Gasteiger partial charge in [0.15, 0.2) is 0 Å². The summed E-state index contributed by atoms with van der Waals surface area (Å²) in [5, 5.41) is 2.80. The summed E-state index contributed by atoms with van der Waals surface area (Å²) in [5.74, 6) is -0.0361. The van der Waals surface area contributed by atoms with Crippen LogP contribution in [0.15, 0.2) is 18.2 Å². The molecule has 14 heavy (non-hydrogen) atoms. The minimum Gasteiger partial charge on any atom is -0.350 e. The largest absolute Gasteiger partial charge is 0.350 e.